The molecule has 0 N–H and O–H groups in total. The van der Waals surface area contributed by atoms with E-state index in [2.05, 4.69) is 11.2 Å². The summed E-state index contributed by atoms with van der Waals surface area (Å²) in [7, 11) is 0. The highest BCUT2D eigenvalue weighted by Gasteiger charge is 2.32. The van der Waals surface area contributed by atoms with Gasteiger partial charge in [0.2, 0.25) is 0 Å². The summed E-state index contributed by atoms with van der Waals surface area (Å²) in [5.74, 6) is 0. The number of nitriles is 1. The summed E-state index contributed by atoms with van der Waals surface area (Å²) in [6.45, 7) is 9.00. The molecule has 0 spiro atoms. The van der Waals surface area contributed by atoms with Gasteiger partial charge in [-0.1, -0.05) is 0 Å². The quantitative estimate of drug-likeness (QED) is 0.776. The molecule has 19 heavy (non-hydrogen) atoms. The second-order valence-electron chi connectivity index (χ2n) is 5.54. The Morgan fingerprint density at radius 2 is 2.16 bits per heavy atom. The number of carbonyl (C=O) groups excluding carboxylic acids is 1. The van der Waals surface area contributed by atoms with Crippen LogP contribution in [0.2, 0.25) is 0 Å². The topological polar surface area (TPSA) is 71.2 Å². The molecule has 1 aliphatic heterocycles. The zero-order chi connectivity index (χ0) is 14.2. The molecule has 2 rings (SSSR count). The van der Waals surface area contributed by atoms with Crippen molar-refractivity contribution in [3.8, 4) is 6.07 Å². The molecule has 0 saturated carbocycles. The summed E-state index contributed by atoms with van der Waals surface area (Å²) >= 11 is 0. The van der Waals surface area contributed by atoms with E-state index >= 15 is 0 Å². The van der Waals surface area contributed by atoms with Crippen molar-refractivity contribution in [3.05, 3.63) is 17.0 Å². The van der Waals surface area contributed by atoms with Crippen molar-refractivity contribution in [1.29, 1.82) is 5.26 Å². The highest BCUT2D eigenvalue weighted by Crippen LogP contribution is 2.27. The molecular weight excluding hydrogens is 244 g/mol. The fourth-order valence-corrected chi connectivity index (χ4v) is 2.11. The minimum absolute atomic E-state index is 0.352. The molecule has 0 fully saturated rings. The van der Waals surface area contributed by atoms with Crippen LogP contribution < -0.4 is 0 Å². The molecule has 0 radical (unpaired) electrons. The first-order chi connectivity index (χ1) is 8.85. The van der Waals surface area contributed by atoms with Crippen LogP contribution in [0.15, 0.2) is 0 Å². The van der Waals surface area contributed by atoms with E-state index < -0.39 is 5.60 Å². The van der Waals surface area contributed by atoms with Gasteiger partial charge in [-0.15, -0.1) is 0 Å². The molecule has 0 aliphatic carbocycles. The standard InChI is InChI=1S/C13H18N4O2/c1-5-17-11-8-16(12(18)19-13(2,3)4)7-9(11)10(6-14)15-17/h5,7-8H2,1-4H3. The second kappa shape index (κ2) is 4.57. The number of carbonyl (C=O) groups is 1. The van der Waals surface area contributed by atoms with Gasteiger partial charge >= 0.3 is 6.09 Å². The van der Waals surface area contributed by atoms with Gasteiger partial charge in [0.1, 0.15) is 11.7 Å². The maximum atomic E-state index is 12.0. The van der Waals surface area contributed by atoms with Gasteiger partial charge in [-0.05, 0) is 27.7 Å². The van der Waals surface area contributed by atoms with E-state index in [1.165, 1.54) is 0 Å². The third kappa shape index (κ3) is 2.55. The molecule has 6 heteroatoms. The minimum atomic E-state index is -0.513. The summed E-state index contributed by atoms with van der Waals surface area (Å²) in [4.78, 5) is 13.6. The van der Waals surface area contributed by atoms with E-state index in [0.29, 0.717) is 25.3 Å². The van der Waals surface area contributed by atoms with Crippen molar-refractivity contribution in [2.45, 2.75) is 52.9 Å². The Labute approximate surface area is 112 Å². The van der Waals surface area contributed by atoms with Gasteiger partial charge in [0.25, 0.3) is 0 Å². The van der Waals surface area contributed by atoms with Gasteiger partial charge in [-0.3, -0.25) is 9.58 Å². The number of amides is 1. The Kier molecular flexibility index (Phi) is 3.23. The molecule has 0 unspecified atom stereocenters. The van der Waals surface area contributed by atoms with E-state index in [-0.39, 0.29) is 6.09 Å². The predicted octanol–water partition coefficient (Wildman–Crippen LogP) is 2.03. The van der Waals surface area contributed by atoms with Crippen molar-refractivity contribution in [3.63, 3.8) is 0 Å². The molecule has 1 aromatic rings. The molecule has 0 bridgehead atoms. The molecule has 1 amide bonds. The molecular formula is C13H18N4O2. The van der Waals surface area contributed by atoms with Gasteiger partial charge in [0, 0.05) is 12.1 Å². The zero-order valence-electron chi connectivity index (χ0n) is 11.7. The fourth-order valence-electron chi connectivity index (χ4n) is 2.11. The normalized spacial score (nSPS) is 14.2. The lowest BCUT2D eigenvalue weighted by Crippen LogP contribution is -2.33. The van der Waals surface area contributed by atoms with Crippen LogP contribution in [-0.2, 0) is 24.4 Å². The first-order valence-electron chi connectivity index (χ1n) is 6.32. The van der Waals surface area contributed by atoms with Crippen molar-refractivity contribution in [2.24, 2.45) is 0 Å². The van der Waals surface area contributed by atoms with Crippen molar-refractivity contribution < 1.29 is 9.53 Å². The monoisotopic (exact) mass is 262 g/mol. The Balaban J connectivity index is 2.19. The number of ether oxygens (including phenoxy) is 1. The lowest BCUT2D eigenvalue weighted by molar-refractivity contribution is 0.0238. The van der Waals surface area contributed by atoms with Crippen LogP contribution in [0.25, 0.3) is 0 Å². The number of fused-ring (bicyclic) bond motifs is 1. The van der Waals surface area contributed by atoms with Crippen molar-refractivity contribution in [1.82, 2.24) is 14.7 Å². The fraction of sp³-hybridized carbons (Fsp3) is 0.615. The Bertz CT molecular complexity index is 548. The highest BCUT2D eigenvalue weighted by atomic mass is 16.6. The van der Waals surface area contributed by atoms with Gasteiger partial charge < -0.3 is 4.74 Å². The average molecular weight is 262 g/mol. The predicted molar refractivity (Wildman–Crippen MR) is 68.1 cm³/mol. The SMILES string of the molecule is CCn1nc(C#N)c2c1CN(C(=O)OC(C)(C)C)C2. The van der Waals surface area contributed by atoms with Gasteiger partial charge in [0.05, 0.1) is 18.8 Å². The smallest absolute Gasteiger partial charge is 0.410 e. The Morgan fingerprint density at radius 1 is 1.47 bits per heavy atom. The van der Waals surface area contributed by atoms with Crippen LogP contribution in [0.4, 0.5) is 4.79 Å². The number of aromatic nitrogens is 2. The molecule has 2 heterocycles. The van der Waals surface area contributed by atoms with E-state index in [0.717, 1.165) is 11.3 Å². The zero-order valence-corrected chi connectivity index (χ0v) is 11.7. The number of hydrogen-bond acceptors (Lipinski definition) is 4. The van der Waals surface area contributed by atoms with Gasteiger partial charge in [-0.25, -0.2) is 4.79 Å². The largest absolute Gasteiger partial charge is 0.444 e. The summed E-state index contributed by atoms with van der Waals surface area (Å²) < 4.78 is 7.12. The van der Waals surface area contributed by atoms with Crippen LogP contribution in [-0.4, -0.2) is 26.4 Å². The Hall–Kier alpha value is -2.03. The van der Waals surface area contributed by atoms with Crippen LogP contribution in [0.1, 0.15) is 44.6 Å². The number of nitrogens with zero attached hydrogens (tertiary/aromatic N) is 4. The van der Waals surface area contributed by atoms with Crippen molar-refractivity contribution >= 4 is 6.09 Å². The first kappa shape index (κ1) is 13.4. The van der Waals surface area contributed by atoms with Crippen LogP contribution in [0, 0.1) is 11.3 Å². The summed E-state index contributed by atoms with van der Waals surface area (Å²) in [5.41, 5.74) is 1.67. The number of hydrogen-bond donors (Lipinski definition) is 0. The van der Waals surface area contributed by atoms with Crippen LogP contribution in [0.5, 0.6) is 0 Å². The second-order valence-corrected chi connectivity index (χ2v) is 5.54. The number of aryl methyl sites for hydroxylation is 1. The molecule has 6 nitrogen and oxygen atoms in total. The van der Waals surface area contributed by atoms with E-state index in [1.54, 1.807) is 9.58 Å². The minimum Gasteiger partial charge on any atom is -0.444 e. The van der Waals surface area contributed by atoms with Crippen molar-refractivity contribution in [2.75, 3.05) is 0 Å². The lowest BCUT2D eigenvalue weighted by Gasteiger charge is -2.24. The van der Waals surface area contributed by atoms with Gasteiger partial charge in [-0.2, -0.15) is 10.4 Å². The summed E-state index contributed by atoms with van der Waals surface area (Å²) in [6.07, 6.45) is -0.352. The molecule has 1 aliphatic rings. The van der Waals surface area contributed by atoms with Crippen LogP contribution in [0.3, 0.4) is 0 Å². The number of rotatable bonds is 1. The molecule has 0 aromatic carbocycles. The highest BCUT2D eigenvalue weighted by molar-refractivity contribution is 5.69. The molecule has 0 saturated heterocycles. The van der Waals surface area contributed by atoms with E-state index in [4.69, 9.17) is 10.00 Å². The Morgan fingerprint density at radius 3 is 2.68 bits per heavy atom. The maximum Gasteiger partial charge on any atom is 0.410 e. The summed E-state index contributed by atoms with van der Waals surface area (Å²) in [6, 6.07) is 2.08. The lowest BCUT2D eigenvalue weighted by atomic mass is 10.2. The molecule has 1 aromatic heterocycles. The van der Waals surface area contributed by atoms with Crippen LogP contribution >= 0.6 is 0 Å². The first-order valence-corrected chi connectivity index (χ1v) is 6.32. The molecule has 102 valence electrons. The average Bonchev–Trinajstić information content (AvgIpc) is 2.84. The van der Waals surface area contributed by atoms with E-state index in [1.807, 2.05) is 27.7 Å². The van der Waals surface area contributed by atoms with Gasteiger partial charge in [0.15, 0.2) is 5.69 Å². The maximum absolute atomic E-state index is 12.0. The summed E-state index contributed by atoms with van der Waals surface area (Å²) in [5, 5.41) is 13.3. The molecule has 0 atom stereocenters. The third-order valence-electron chi connectivity index (χ3n) is 2.91. The van der Waals surface area contributed by atoms with E-state index in [9.17, 15) is 4.79 Å². The third-order valence-corrected chi connectivity index (χ3v) is 2.91.